The van der Waals surface area contributed by atoms with E-state index in [1.165, 1.54) is 0 Å². The number of amidine groups is 1. The molecule has 94 valence electrons. The molecule has 0 aromatic rings. The third-order valence-electron chi connectivity index (χ3n) is 1.08. The van der Waals surface area contributed by atoms with Crippen LogP contribution in [0, 0.1) is 5.41 Å². The third-order valence-corrected chi connectivity index (χ3v) is 1.08. The molecule has 16 heavy (non-hydrogen) atoms. The fourth-order valence-electron chi connectivity index (χ4n) is 0.552. The zero-order chi connectivity index (χ0) is 12.2. The highest BCUT2D eigenvalue weighted by Crippen LogP contribution is 1.86. The highest BCUT2D eigenvalue weighted by Gasteiger charge is 2.27. The third kappa shape index (κ3) is 7.77. The number of hydrogen-bond donors (Lipinski definition) is 6. The molecule has 1 heterocycles. The molecule has 0 aromatic heterocycles. The lowest BCUT2D eigenvalue weighted by Crippen LogP contribution is -2.61. The highest BCUT2D eigenvalue weighted by molar-refractivity contribution is 7.79. The Labute approximate surface area is 89.4 Å². The molecule has 11 nitrogen and oxygen atoms in total. The molecular weight excluding hydrogens is 248 g/mol. The van der Waals surface area contributed by atoms with Gasteiger partial charge in [-0.2, -0.15) is 8.42 Å². The van der Waals surface area contributed by atoms with Gasteiger partial charge in [0.05, 0.1) is 0 Å². The molecule has 1 saturated heterocycles. The number of hydrogen-bond acceptors (Lipinski definition) is 6. The zero-order valence-electron chi connectivity index (χ0n) is 7.59. The van der Waals surface area contributed by atoms with Crippen LogP contribution in [-0.2, 0) is 15.2 Å². The second kappa shape index (κ2) is 6.09. The molecule has 0 aliphatic carbocycles. The number of carbonyl (C=O) groups is 2. The minimum atomic E-state index is -4.67. The van der Waals surface area contributed by atoms with Gasteiger partial charge in [-0.05, 0) is 0 Å². The summed E-state index contributed by atoms with van der Waals surface area (Å²) in [5.74, 6) is -0.914. The summed E-state index contributed by atoms with van der Waals surface area (Å²) in [5, 5.41) is 10.9. The summed E-state index contributed by atoms with van der Waals surface area (Å²) in [6.45, 7) is 0. The first-order valence-corrected chi connectivity index (χ1v) is 4.66. The first-order chi connectivity index (χ1) is 6.61. The van der Waals surface area contributed by atoms with E-state index in [0.29, 0.717) is 0 Å². The molecule has 12 heteroatoms. The van der Waals surface area contributed by atoms with Crippen LogP contribution in [0.4, 0.5) is 4.79 Å². The summed E-state index contributed by atoms with van der Waals surface area (Å²) in [7, 11) is -4.67. The van der Waals surface area contributed by atoms with Gasteiger partial charge in [0.25, 0.3) is 5.91 Å². The molecule has 3 amide bonds. The van der Waals surface area contributed by atoms with Crippen molar-refractivity contribution < 1.29 is 32.6 Å². The average Bonchev–Trinajstić information content (AvgIpc) is 1.96. The van der Waals surface area contributed by atoms with Gasteiger partial charge in [-0.25, -0.2) is 4.79 Å². The van der Waals surface area contributed by atoms with Crippen molar-refractivity contribution in [3.8, 4) is 0 Å². The maximum Gasteiger partial charge on any atom is 0.394 e. The number of rotatable bonds is 0. The Hall–Kier alpha value is -1.60. The molecule has 9 N–H and O–H groups in total. The first-order valence-electron chi connectivity index (χ1n) is 3.27. The predicted octanol–water partition coefficient (Wildman–Crippen LogP) is -3.35. The Bertz CT molecular complexity index is 361. The summed E-state index contributed by atoms with van der Waals surface area (Å²) in [5.41, 5.74) is 5.13. The quantitative estimate of drug-likeness (QED) is 0.242. The minimum absolute atomic E-state index is 0. The predicted molar refractivity (Wildman–Crippen MR) is 50.2 cm³/mol. The van der Waals surface area contributed by atoms with Crippen LogP contribution in [0.2, 0.25) is 0 Å². The number of amides is 3. The summed E-state index contributed by atoms with van der Waals surface area (Å²) in [4.78, 5) is 21.0. The van der Waals surface area contributed by atoms with Crippen LogP contribution in [0.3, 0.4) is 0 Å². The van der Waals surface area contributed by atoms with Gasteiger partial charge in [-0.3, -0.25) is 29.9 Å². The van der Waals surface area contributed by atoms with Gasteiger partial charge < -0.3 is 11.2 Å². The monoisotopic (exact) mass is 258 g/mol. The molecule has 0 radical (unpaired) electrons. The lowest BCUT2D eigenvalue weighted by molar-refractivity contribution is -0.120. The largest absolute Gasteiger partial charge is 0.412 e. The van der Waals surface area contributed by atoms with Crippen molar-refractivity contribution >= 4 is 28.2 Å². The van der Waals surface area contributed by atoms with Gasteiger partial charge in [0.2, 0.25) is 0 Å². The van der Waals surface area contributed by atoms with Gasteiger partial charge in [0, 0.05) is 0 Å². The lowest BCUT2D eigenvalue weighted by atomic mass is 10.2. The first kappa shape index (κ1) is 16.8. The maximum atomic E-state index is 10.6. The molecule has 1 rings (SSSR count). The van der Waals surface area contributed by atoms with E-state index in [2.05, 4.69) is 0 Å². The Kier molecular flexibility index (Phi) is 6.40. The molecule has 1 aliphatic heterocycles. The van der Waals surface area contributed by atoms with Crippen molar-refractivity contribution in [3.05, 3.63) is 0 Å². The van der Waals surface area contributed by atoms with Crippen LogP contribution in [0.15, 0.2) is 0 Å². The second-order valence-electron chi connectivity index (χ2n) is 2.28. The average molecular weight is 258 g/mol. The van der Waals surface area contributed by atoms with Gasteiger partial charge in [0.1, 0.15) is 11.9 Å². The van der Waals surface area contributed by atoms with Gasteiger partial charge in [-0.1, -0.05) is 0 Å². The number of imide groups is 1. The van der Waals surface area contributed by atoms with Crippen molar-refractivity contribution in [2.45, 2.75) is 6.04 Å². The summed E-state index contributed by atoms with van der Waals surface area (Å²) in [6.07, 6.45) is 0. The van der Waals surface area contributed by atoms with Gasteiger partial charge in [-0.15, -0.1) is 0 Å². The van der Waals surface area contributed by atoms with E-state index in [9.17, 15) is 9.59 Å². The maximum absolute atomic E-state index is 10.6. The molecule has 0 aromatic carbocycles. The molecule has 0 saturated carbocycles. The molecule has 0 spiro atoms. The molecule has 1 fully saturated rings. The highest BCUT2D eigenvalue weighted by atomic mass is 32.3. The summed E-state index contributed by atoms with van der Waals surface area (Å²) >= 11 is 0. The zero-order valence-corrected chi connectivity index (χ0v) is 8.41. The van der Waals surface area contributed by atoms with Gasteiger partial charge in [0.15, 0.2) is 0 Å². The second-order valence-corrected chi connectivity index (χ2v) is 3.18. The van der Waals surface area contributed by atoms with Crippen LogP contribution in [0.1, 0.15) is 0 Å². The molecule has 1 atom stereocenters. The molecule has 1 aliphatic rings. The van der Waals surface area contributed by atoms with E-state index < -0.39 is 28.4 Å². The van der Waals surface area contributed by atoms with Crippen molar-refractivity contribution in [2.24, 2.45) is 5.73 Å². The van der Waals surface area contributed by atoms with E-state index in [-0.39, 0.29) is 11.3 Å². The Balaban J connectivity index is 0. The minimum Gasteiger partial charge on any atom is -0.412 e. The van der Waals surface area contributed by atoms with E-state index in [1.807, 2.05) is 10.6 Å². The number of urea groups is 1. The number of carbonyl (C=O) groups excluding carboxylic acids is 2. The van der Waals surface area contributed by atoms with Crippen LogP contribution in [0.5, 0.6) is 0 Å². The van der Waals surface area contributed by atoms with Crippen LogP contribution in [-0.4, -0.2) is 46.8 Å². The van der Waals surface area contributed by atoms with E-state index >= 15 is 0 Å². The summed E-state index contributed by atoms with van der Waals surface area (Å²) in [6, 6.07) is -1.74. The number of nitrogens with one attached hydrogen (secondary N) is 3. The fourth-order valence-corrected chi connectivity index (χ4v) is 0.552. The van der Waals surface area contributed by atoms with Crippen molar-refractivity contribution in [2.75, 3.05) is 0 Å². The standard InChI is InChI=1S/C4H6N4O2.H2O4S.H2O/c5-1-2(6)7-4(10)8-3(1)9;1-5(2,3)4;/h1H,5H2,(H3,6,7,8,9,10);(H2,1,2,3,4);1H2. The van der Waals surface area contributed by atoms with Crippen molar-refractivity contribution in [1.82, 2.24) is 10.6 Å². The van der Waals surface area contributed by atoms with Crippen molar-refractivity contribution in [3.63, 3.8) is 0 Å². The van der Waals surface area contributed by atoms with Gasteiger partial charge >= 0.3 is 16.4 Å². The van der Waals surface area contributed by atoms with Crippen LogP contribution < -0.4 is 16.4 Å². The Morgan fingerprint density at radius 1 is 1.25 bits per heavy atom. The smallest absolute Gasteiger partial charge is 0.394 e. The molecular formula is C4H10N4O7S. The van der Waals surface area contributed by atoms with E-state index in [0.717, 1.165) is 0 Å². The topological polar surface area (TPSA) is 214 Å². The molecule has 1 unspecified atom stereocenters. The SMILES string of the molecule is N=C1NC(=O)NC(=O)C1N.O.O=S(=O)(O)O. The molecule has 0 bridgehead atoms. The Morgan fingerprint density at radius 3 is 1.94 bits per heavy atom. The van der Waals surface area contributed by atoms with Crippen molar-refractivity contribution in [1.29, 1.82) is 5.41 Å². The Morgan fingerprint density at radius 2 is 1.62 bits per heavy atom. The lowest BCUT2D eigenvalue weighted by Gasteiger charge is -2.18. The number of nitrogens with two attached hydrogens (primary N) is 1. The normalized spacial score (nSPS) is 19.7. The van der Waals surface area contributed by atoms with E-state index in [1.54, 1.807) is 0 Å². The van der Waals surface area contributed by atoms with Crippen LogP contribution in [0.25, 0.3) is 0 Å². The fraction of sp³-hybridized carbons (Fsp3) is 0.250. The van der Waals surface area contributed by atoms with E-state index in [4.69, 9.17) is 28.7 Å². The van der Waals surface area contributed by atoms with Crippen LogP contribution >= 0.6 is 0 Å². The summed E-state index contributed by atoms with van der Waals surface area (Å²) < 4.78 is 31.6.